The number of hydrogen-bond acceptors (Lipinski definition) is 7. The minimum absolute atomic E-state index is 0.0473. The van der Waals surface area contributed by atoms with Gasteiger partial charge in [-0.3, -0.25) is 14.7 Å². The van der Waals surface area contributed by atoms with Gasteiger partial charge >= 0.3 is 6.18 Å². The predicted octanol–water partition coefficient (Wildman–Crippen LogP) is 5.15. The van der Waals surface area contributed by atoms with Gasteiger partial charge in [0, 0.05) is 27.8 Å². The van der Waals surface area contributed by atoms with E-state index in [0.29, 0.717) is 24.9 Å². The molecule has 3 heterocycles. The van der Waals surface area contributed by atoms with E-state index in [1.807, 2.05) is 23.3 Å². The highest BCUT2D eigenvalue weighted by atomic mass is 32.1. The summed E-state index contributed by atoms with van der Waals surface area (Å²) in [5.41, 5.74) is 3.24. The number of thiophene rings is 1. The number of amides is 2. The van der Waals surface area contributed by atoms with E-state index < -0.39 is 23.8 Å². The molecule has 1 aliphatic rings. The summed E-state index contributed by atoms with van der Waals surface area (Å²) >= 11 is 1.69. The Balaban J connectivity index is 1.10. The van der Waals surface area contributed by atoms with E-state index in [0.717, 1.165) is 26.8 Å². The molecule has 0 saturated carbocycles. The first-order chi connectivity index (χ1) is 19.6. The average molecular weight is 578 g/mol. The largest absolute Gasteiger partial charge is 0.451 e. The molecule has 0 radical (unpaired) electrons. The summed E-state index contributed by atoms with van der Waals surface area (Å²) in [5, 5.41) is 12.5. The van der Waals surface area contributed by atoms with Crippen molar-refractivity contribution in [1.82, 2.24) is 35.8 Å². The molecule has 2 amide bonds. The van der Waals surface area contributed by atoms with E-state index in [1.165, 1.54) is 17.3 Å². The Morgan fingerprint density at radius 1 is 1.05 bits per heavy atom. The van der Waals surface area contributed by atoms with Gasteiger partial charge in [-0.2, -0.15) is 18.3 Å². The van der Waals surface area contributed by atoms with E-state index in [9.17, 15) is 22.8 Å². The van der Waals surface area contributed by atoms with E-state index in [4.69, 9.17) is 0 Å². The lowest BCUT2D eigenvalue weighted by Crippen LogP contribution is -2.29. The van der Waals surface area contributed by atoms with Gasteiger partial charge in [0.25, 0.3) is 11.8 Å². The number of alkyl halides is 3. The van der Waals surface area contributed by atoms with Crippen LogP contribution in [0.5, 0.6) is 0 Å². The molecule has 0 unspecified atom stereocenters. The molecule has 1 atom stereocenters. The Labute approximate surface area is 235 Å². The quantitative estimate of drug-likeness (QED) is 0.256. The van der Waals surface area contributed by atoms with E-state index in [-0.39, 0.29) is 23.3 Å². The van der Waals surface area contributed by atoms with Crippen LogP contribution in [0.15, 0.2) is 54.9 Å². The monoisotopic (exact) mass is 577 g/mol. The summed E-state index contributed by atoms with van der Waals surface area (Å²) in [5.74, 6) is -2.11. The van der Waals surface area contributed by atoms with Crippen molar-refractivity contribution in [2.45, 2.75) is 38.5 Å². The van der Waals surface area contributed by atoms with Crippen LogP contribution in [0, 0.1) is 6.92 Å². The van der Waals surface area contributed by atoms with Crippen molar-refractivity contribution in [3.8, 4) is 11.4 Å². The summed E-state index contributed by atoms with van der Waals surface area (Å²) < 4.78 is 39.8. The summed E-state index contributed by atoms with van der Waals surface area (Å²) in [6, 6.07) is 14.3. The Morgan fingerprint density at radius 2 is 1.85 bits per heavy atom. The molecule has 3 aromatic heterocycles. The molecule has 2 aromatic carbocycles. The molecule has 0 fully saturated rings. The van der Waals surface area contributed by atoms with Gasteiger partial charge in [0.15, 0.2) is 5.82 Å². The number of aryl methyl sites for hydroxylation is 2. The number of carbonyl (C=O) groups is 2. The number of H-pyrrole nitrogens is 1. The standard InChI is InChI=1S/C28H22F3N7O2S/c1-14-8-17-3-2-15(9-23(17)41-14)12-32-25(39)21-11-22(34-13-33-21)26(40)35-20-7-5-16-10-18(4-6-19(16)20)24-36-27(38-37-24)28(29,30)31/h2-4,6,8-11,13,20H,5,7,12H2,1H3,(H,32,39)(H,35,40)(H,36,37,38)/t20-/m0/s1. The fourth-order valence-corrected chi connectivity index (χ4v) is 5.84. The number of halogens is 3. The molecule has 13 heteroatoms. The number of aromatic amines is 1. The molecule has 41 heavy (non-hydrogen) atoms. The topological polar surface area (TPSA) is 126 Å². The Bertz CT molecular complexity index is 1800. The third-order valence-electron chi connectivity index (χ3n) is 6.83. The SMILES string of the molecule is Cc1cc2ccc(CNC(=O)c3cc(C(=O)N[C@H]4CCc5cc(-c6n[nH]c(C(F)(F)F)n6)ccc54)ncn3)cc2s1. The Kier molecular flexibility index (Phi) is 6.73. The van der Waals surface area contributed by atoms with Gasteiger partial charge in [0.1, 0.15) is 17.7 Å². The Morgan fingerprint density at radius 3 is 2.63 bits per heavy atom. The number of nitrogens with zero attached hydrogens (tertiary/aromatic N) is 4. The number of benzene rings is 2. The van der Waals surface area contributed by atoms with Crippen LogP contribution in [-0.2, 0) is 19.1 Å². The van der Waals surface area contributed by atoms with Gasteiger partial charge in [0.05, 0.1) is 6.04 Å². The van der Waals surface area contributed by atoms with E-state index in [1.54, 1.807) is 29.5 Å². The molecule has 1 aliphatic carbocycles. The van der Waals surface area contributed by atoms with E-state index >= 15 is 0 Å². The second-order valence-corrected chi connectivity index (χ2v) is 11.0. The van der Waals surface area contributed by atoms with Crippen molar-refractivity contribution in [3.63, 3.8) is 0 Å². The van der Waals surface area contributed by atoms with Gasteiger partial charge in [-0.1, -0.05) is 24.3 Å². The molecule has 3 N–H and O–H groups in total. The minimum Gasteiger partial charge on any atom is -0.347 e. The fraction of sp³-hybridized carbons (Fsp3) is 0.214. The minimum atomic E-state index is -4.61. The second-order valence-electron chi connectivity index (χ2n) is 9.68. The first-order valence-electron chi connectivity index (χ1n) is 12.7. The third-order valence-corrected chi connectivity index (χ3v) is 7.84. The zero-order chi connectivity index (χ0) is 28.7. The summed E-state index contributed by atoms with van der Waals surface area (Å²) in [7, 11) is 0. The van der Waals surface area contributed by atoms with Crippen molar-refractivity contribution in [2.75, 3.05) is 0 Å². The molecular weight excluding hydrogens is 555 g/mol. The maximum absolute atomic E-state index is 13.0. The van der Waals surface area contributed by atoms with Gasteiger partial charge in [-0.15, -0.1) is 11.3 Å². The molecule has 0 aliphatic heterocycles. The fourth-order valence-electron chi connectivity index (χ4n) is 4.85. The molecule has 5 aromatic rings. The van der Waals surface area contributed by atoms with Crippen LogP contribution < -0.4 is 10.6 Å². The second kappa shape index (κ2) is 10.4. The maximum Gasteiger partial charge on any atom is 0.451 e. The molecular formula is C28H22F3N7O2S. The number of hydrogen-bond donors (Lipinski definition) is 3. The van der Waals surface area contributed by atoms with Crippen LogP contribution in [0.1, 0.15) is 60.8 Å². The first kappa shape index (κ1) is 26.6. The summed E-state index contributed by atoms with van der Waals surface area (Å²) in [6.45, 7) is 2.36. The molecule has 208 valence electrons. The third kappa shape index (κ3) is 5.53. The molecule has 0 spiro atoms. The van der Waals surface area contributed by atoms with Crippen molar-refractivity contribution < 1.29 is 22.8 Å². The number of rotatable bonds is 6. The van der Waals surface area contributed by atoms with Crippen molar-refractivity contribution in [1.29, 1.82) is 0 Å². The highest BCUT2D eigenvalue weighted by Gasteiger charge is 2.35. The number of carbonyl (C=O) groups excluding carboxylic acids is 2. The first-order valence-corrected chi connectivity index (χ1v) is 13.5. The normalized spacial score (nSPS) is 14.7. The highest BCUT2D eigenvalue weighted by molar-refractivity contribution is 7.19. The molecule has 0 bridgehead atoms. The van der Waals surface area contributed by atoms with Gasteiger partial charge in [0.2, 0.25) is 5.82 Å². The van der Waals surface area contributed by atoms with Gasteiger partial charge < -0.3 is 10.6 Å². The van der Waals surface area contributed by atoms with Crippen LogP contribution in [0.25, 0.3) is 21.5 Å². The maximum atomic E-state index is 13.0. The lowest BCUT2D eigenvalue weighted by Gasteiger charge is -2.14. The van der Waals surface area contributed by atoms with Crippen LogP contribution in [0.3, 0.4) is 0 Å². The van der Waals surface area contributed by atoms with Crippen molar-refractivity contribution >= 4 is 33.2 Å². The van der Waals surface area contributed by atoms with Gasteiger partial charge in [-0.25, -0.2) is 15.0 Å². The lowest BCUT2D eigenvalue weighted by atomic mass is 10.0. The van der Waals surface area contributed by atoms with Gasteiger partial charge in [-0.05, 0) is 60.0 Å². The van der Waals surface area contributed by atoms with Crippen LogP contribution >= 0.6 is 11.3 Å². The predicted molar refractivity (Wildman–Crippen MR) is 145 cm³/mol. The average Bonchev–Trinajstić information content (AvgIpc) is 3.69. The Hall–Kier alpha value is -4.65. The molecule has 6 rings (SSSR count). The number of fused-ring (bicyclic) bond motifs is 2. The smallest absolute Gasteiger partial charge is 0.347 e. The summed E-state index contributed by atoms with van der Waals surface area (Å²) in [4.78, 5) is 38.6. The number of nitrogens with one attached hydrogen (secondary N) is 3. The lowest BCUT2D eigenvalue weighted by molar-refractivity contribution is -0.144. The molecule has 9 nitrogen and oxygen atoms in total. The zero-order valence-corrected chi connectivity index (χ0v) is 22.4. The van der Waals surface area contributed by atoms with E-state index in [2.05, 4.69) is 43.7 Å². The van der Waals surface area contributed by atoms with Crippen LogP contribution in [0.4, 0.5) is 13.2 Å². The number of aromatic nitrogens is 5. The zero-order valence-electron chi connectivity index (χ0n) is 21.5. The van der Waals surface area contributed by atoms with Crippen molar-refractivity contribution in [2.24, 2.45) is 0 Å². The van der Waals surface area contributed by atoms with Crippen LogP contribution in [-0.4, -0.2) is 37.0 Å². The summed E-state index contributed by atoms with van der Waals surface area (Å²) in [6.07, 6.45) is -2.24. The highest BCUT2D eigenvalue weighted by Crippen LogP contribution is 2.34. The van der Waals surface area contributed by atoms with Crippen molar-refractivity contribution in [3.05, 3.63) is 93.6 Å². The van der Waals surface area contributed by atoms with Crippen LogP contribution in [0.2, 0.25) is 0 Å². The molecule has 0 saturated heterocycles.